The molecule has 0 amide bonds. The van der Waals surface area contributed by atoms with Gasteiger partial charge in [0.25, 0.3) is 0 Å². The molecule has 0 aliphatic heterocycles. The lowest BCUT2D eigenvalue weighted by molar-refractivity contribution is 0.0841. The van der Waals surface area contributed by atoms with Gasteiger partial charge < -0.3 is 13.5 Å². The minimum absolute atomic E-state index is 0.112. The van der Waals surface area contributed by atoms with Crippen molar-refractivity contribution < 1.29 is 13.5 Å². The third kappa shape index (κ3) is 4.67. The van der Waals surface area contributed by atoms with E-state index < -0.39 is 0 Å². The molecule has 0 bridgehead atoms. The highest BCUT2D eigenvalue weighted by Crippen LogP contribution is 2.44. The lowest BCUT2D eigenvalue weighted by Gasteiger charge is -2.39. The van der Waals surface area contributed by atoms with Gasteiger partial charge in [-0.1, -0.05) is 92.7 Å². The first-order chi connectivity index (χ1) is 21.7. The van der Waals surface area contributed by atoms with E-state index in [4.69, 9.17) is 13.5 Å². The summed E-state index contributed by atoms with van der Waals surface area (Å²) in [4.78, 5) is 0. The summed E-state index contributed by atoms with van der Waals surface area (Å²) in [5, 5.41) is 6.57. The second-order valence-corrected chi connectivity index (χ2v) is 14.5. The van der Waals surface area contributed by atoms with Crippen LogP contribution < -0.4 is 5.46 Å². The summed E-state index contributed by atoms with van der Waals surface area (Å²) < 4.78 is 19.5. The molecule has 8 rings (SSSR count). The van der Waals surface area contributed by atoms with Crippen LogP contribution in [0.3, 0.4) is 0 Å². The molecule has 3 nitrogen and oxygen atoms in total. The van der Waals surface area contributed by atoms with E-state index in [2.05, 4.69) is 134 Å². The van der Waals surface area contributed by atoms with Crippen LogP contribution in [0.5, 0.6) is 0 Å². The predicted molar refractivity (Wildman–Crippen MR) is 194 cm³/mol. The van der Waals surface area contributed by atoms with E-state index in [-0.39, 0.29) is 10.8 Å². The van der Waals surface area contributed by atoms with Gasteiger partial charge in [-0.25, -0.2) is 0 Å². The molecule has 1 unspecified atom stereocenters. The SMILES string of the molecule is CC(C)(P)C(C)(C)O[B]c1cccc2oc3ccc(-c4ccc(-c5ccccc5)c5oc6cc7ccccc7cc6c45)cc3c12. The zero-order chi connectivity index (χ0) is 30.9. The Labute approximate surface area is 265 Å². The second-order valence-electron chi connectivity index (χ2n) is 13.0. The van der Waals surface area contributed by atoms with E-state index in [1.54, 1.807) is 0 Å². The number of benzene rings is 6. The van der Waals surface area contributed by atoms with Crippen molar-refractivity contribution in [2.75, 3.05) is 0 Å². The smallest absolute Gasteiger partial charge is 0.331 e. The van der Waals surface area contributed by atoms with Gasteiger partial charge in [-0.2, -0.15) is 0 Å². The van der Waals surface area contributed by atoms with Crippen LogP contribution in [0, 0.1) is 0 Å². The molecule has 1 atom stereocenters. The third-order valence-electron chi connectivity index (χ3n) is 9.44. The third-order valence-corrected chi connectivity index (χ3v) is 10.1. The molecule has 219 valence electrons. The molecule has 0 aliphatic rings. The highest BCUT2D eigenvalue weighted by atomic mass is 31.0. The molecule has 6 aromatic carbocycles. The molecule has 0 saturated carbocycles. The molecule has 5 heteroatoms. The number of hydrogen-bond donors (Lipinski definition) is 0. The molecular weight excluding hydrogens is 570 g/mol. The van der Waals surface area contributed by atoms with Crippen molar-refractivity contribution in [1.82, 2.24) is 0 Å². The Morgan fingerprint density at radius 2 is 1.29 bits per heavy atom. The highest BCUT2D eigenvalue weighted by molar-refractivity contribution is 7.19. The van der Waals surface area contributed by atoms with Gasteiger partial charge in [-0.15, -0.1) is 9.24 Å². The van der Waals surface area contributed by atoms with Crippen LogP contribution in [-0.4, -0.2) is 18.2 Å². The molecule has 1 radical (unpaired) electrons. The normalized spacial score (nSPS) is 12.6. The Hall–Kier alpha value is -4.37. The molecule has 45 heavy (non-hydrogen) atoms. The highest BCUT2D eigenvalue weighted by Gasteiger charge is 2.34. The Kier molecular flexibility index (Phi) is 6.47. The first kappa shape index (κ1) is 28.1. The largest absolute Gasteiger partial charge is 0.456 e. The van der Waals surface area contributed by atoms with Gasteiger partial charge in [0.1, 0.15) is 22.3 Å². The van der Waals surface area contributed by atoms with E-state index >= 15 is 0 Å². The molecule has 0 spiro atoms. The monoisotopic (exact) mass is 603 g/mol. The Morgan fingerprint density at radius 1 is 0.578 bits per heavy atom. The average Bonchev–Trinajstić information content (AvgIpc) is 3.60. The summed E-state index contributed by atoms with van der Waals surface area (Å²) >= 11 is 0. The molecule has 0 aliphatic carbocycles. The van der Waals surface area contributed by atoms with Crippen molar-refractivity contribution in [3.05, 3.63) is 115 Å². The number of rotatable bonds is 6. The van der Waals surface area contributed by atoms with Gasteiger partial charge in [0.05, 0.1) is 5.60 Å². The Bertz CT molecular complexity index is 2390. The molecule has 2 aromatic heterocycles. The number of hydrogen-bond acceptors (Lipinski definition) is 3. The van der Waals surface area contributed by atoms with E-state index in [1.807, 2.05) is 25.7 Å². The minimum atomic E-state index is -0.386. The first-order valence-electron chi connectivity index (χ1n) is 15.4. The summed E-state index contributed by atoms with van der Waals surface area (Å²) in [7, 11) is 4.79. The van der Waals surface area contributed by atoms with E-state index in [1.165, 1.54) is 5.39 Å². The quantitative estimate of drug-likeness (QED) is 0.140. The zero-order valence-corrected chi connectivity index (χ0v) is 27.0. The van der Waals surface area contributed by atoms with E-state index in [9.17, 15) is 0 Å². The van der Waals surface area contributed by atoms with Crippen molar-refractivity contribution >= 4 is 76.8 Å². The summed E-state index contributed by atoms with van der Waals surface area (Å²) in [6.07, 6.45) is 0. The molecule has 8 aromatic rings. The lowest BCUT2D eigenvalue weighted by Crippen LogP contribution is -2.45. The fourth-order valence-corrected chi connectivity index (χ4v) is 6.20. The van der Waals surface area contributed by atoms with Gasteiger partial charge in [-0.3, -0.25) is 0 Å². The maximum absolute atomic E-state index is 6.72. The molecule has 0 saturated heterocycles. The van der Waals surface area contributed by atoms with Crippen LogP contribution in [0.15, 0.2) is 124 Å². The van der Waals surface area contributed by atoms with Crippen LogP contribution in [-0.2, 0) is 4.65 Å². The van der Waals surface area contributed by atoms with Crippen molar-refractivity contribution in [3.8, 4) is 22.3 Å². The molecule has 0 N–H and O–H groups in total. The summed E-state index contributed by atoms with van der Waals surface area (Å²) in [6, 6.07) is 40.4. The maximum Gasteiger partial charge on any atom is 0.331 e. The standard InChI is InChI=1S/C40H33BO3P/c1-39(2,40(3,4)45)44-41-32-15-10-16-34-37(32)30-22-27(17-20-33(30)42-34)28-18-19-29(24-11-6-5-7-12-24)38-36(28)31-21-25-13-8-9-14-26(25)23-35(31)43-38/h5-23H,45H2,1-4H3. The van der Waals surface area contributed by atoms with Crippen molar-refractivity contribution in [2.45, 2.75) is 38.5 Å². The second kappa shape index (κ2) is 10.3. The molecule has 0 fully saturated rings. The first-order valence-corrected chi connectivity index (χ1v) is 15.9. The van der Waals surface area contributed by atoms with Crippen molar-refractivity contribution in [2.24, 2.45) is 0 Å². The van der Waals surface area contributed by atoms with Crippen LogP contribution >= 0.6 is 9.24 Å². The summed E-state index contributed by atoms with van der Waals surface area (Å²) in [6.45, 7) is 8.56. The lowest BCUT2D eigenvalue weighted by atomic mass is 9.81. The van der Waals surface area contributed by atoms with E-state index in [0.717, 1.165) is 77.0 Å². The Balaban J connectivity index is 1.35. The molecular formula is C40H33BO3P. The van der Waals surface area contributed by atoms with Gasteiger partial charge >= 0.3 is 7.48 Å². The number of furan rings is 2. The fraction of sp³-hybridized carbons (Fsp3) is 0.150. The van der Waals surface area contributed by atoms with Crippen molar-refractivity contribution in [3.63, 3.8) is 0 Å². The van der Waals surface area contributed by atoms with Crippen LogP contribution in [0.4, 0.5) is 0 Å². The topological polar surface area (TPSA) is 35.5 Å². The van der Waals surface area contributed by atoms with Crippen LogP contribution in [0.1, 0.15) is 27.7 Å². The van der Waals surface area contributed by atoms with Crippen LogP contribution in [0.25, 0.3) is 76.9 Å². The van der Waals surface area contributed by atoms with Crippen molar-refractivity contribution in [1.29, 1.82) is 0 Å². The Morgan fingerprint density at radius 3 is 2.07 bits per heavy atom. The maximum atomic E-state index is 6.72. The van der Waals surface area contributed by atoms with Gasteiger partial charge in [-0.05, 0) is 83.2 Å². The average molecular weight is 603 g/mol. The van der Waals surface area contributed by atoms with E-state index in [0.29, 0.717) is 0 Å². The van der Waals surface area contributed by atoms with Gasteiger partial charge in [0, 0.05) is 32.3 Å². The zero-order valence-electron chi connectivity index (χ0n) is 25.8. The molecule has 2 heterocycles. The van der Waals surface area contributed by atoms with Gasteiger partial charge in [0.2, 0.25) is 0 Å². The van der Waals surface area contributed by atoms with Crippen LogP contribution in [0.2, 0.25) is 0 Å². The summed E-state index contributed by atoms with van der Waals surface area (Å²) in [5.74, 6) is 0. The minimum Gasteiger partial charge on any atom is -0.456 e. The van der Waals surface area contributed by atoms with Gasteiger partial charge in [0.15, 0.2) is 0 Å². The predicted octanol–water partition coefficient (Wildman–Crippen LogP) is 10.7. The summed E-state index contributed by atoms with van der Waals surface area (Å²) in [5.41, 5.74) is 8.52. The number of fused-ring (bicyclic) bond motifs is 7. The fourth-order valence-electron chi connectivity index (χ4n) is 6.13.